The van der Waals surface area contributed by atoms with Crippen molar-refractivity contribution < 1.29 is 0 Å². The lowest BCUT2D eigenvalue weighted by atomic mass is 9.90. The van der Waals surface area contributed by atoms with E-state index in [1.165, 1.54) is 12.0 Å². The van der Waals surface area contributed by atoms with Crippen LogP contribution in [0.25, 0.3) is 0 Å². The number of benzene rings is 1. The number of piperidine rings is 1. The number of hydrogen-bond donors (Lipinski definition) is 1. The molecule has 2 rings (SSSR count). The fourth-order valence-electron chi connectivity index (χ4n) is 2.69. The molecule has 0 bridgehead atoms. The van der Waals surface area contributed by atoms with Gasteiger partial charge in [0.05, 0.1) is 0 Å². The van der Waals surface area contributed by atoms with Crippen molar-refractivity contribution in [2.75, 3.05) is 13.1 Å². The predicted molar refractivity (Wildman–Crippen MR) is 77.8 cm³/mol. The van der Waals surface area contributed by atoms with Gasteiger partial charge in [-0.05, 0) is 43.0 Å². The van der Waals surface area contributed by atoms with Crippen molar-refractivity contribution in [1.29, 1.82) is 0 Å². The van der Waals surface area contributed by atoms with Crippen LogP contribution in [0.2, 0.25) is 5.02 Å². The molecule has 0 radical (unpaired) electrons. The van der Waals surface area contributed by atoms with E-state index in [0.717, 1.165) is 36.6 Å². The summed E-state index contributed by atoms with van der Waals surface area (Å²) in [5, 5.41) is 0.869. The highest BCUT2D eigenvalue weighted by molar-refractivity contribution is 6.31. The van der Waals surface area contributed by atoms with Gasteiger partial charge in [0.2, 0.25) is 0 Å². The van der Waals surface area contributed by atoms with Crippen molar-refractivity contribution in [2.24, 2.45) is 11.7 Å². The third-order valence-corrected chi connectivity index (χ3v) is 4.45. The third kappa shape index (κ3) is 3.25. The Morgan fingerprint density at radius 1 is 1.44 bits per heavy atom. The minimum atomic E-state index is 0.382. The van der Waals surface area contributed by atoms with Crippen molar-refractivity contribution in [2.45, 2.75) is 39.3 Å². The predicted octanol–water partition coefficient (Wildman–Crippen LogP) is 3.21. The minimum absolute atomic E-state index is 0.382. The van der Waals surface area contributed by atoms with Crippen molar-refractivity contribution in [1.82, 2.24) is 4.90 Å². The van der Waals surface area contributed by atoms with E-state index in [2.05, 4.69) is 30.0 Å². The Labute approximate surface area is 115 Å². The van der Waals surface area contributed by atoms with Gasteiger partial charge in [0.25, 0.3) is 0 Å². The molecule has 1 heterocycles. The molecule has 100 valence electrons. The van der Waals surface area contributed by atoms with Crippen LogP contribution in [0.4, 0.5) is 0 Å². The number of aryl methyl sites for hydroxylation is 1. The van der Waals surface area contributed by atoms with Gasteiger partial charge in [0, 0.05) is 24.2 Å². The van der Waals surface area contributed by atoms with Gasteiger partial charge in [0.15, 0.2) is 0 Å². The summed E-state index contributed by atoms with van der Waals surface area (Å²) in [6.45, 7) is 7.48. The zero-order chi connectivity index (χ0) is 13.1. The second-order valence-corrected chi connectivity index (χ2v) is 5.85. The van der Waals surface area contributed by atoms with Crippen molar-refractivity contribution in [3.63, 3.8) is 0 Å². The molecule has 0 saturated carbocycles. The molecule has 3 heteroatoms. The zero-order valence-corrected chi connectivity index (χ0v) is 12.1. The Bertz CT molecular complexity index is 405. The molecule has 1 aromatic rings. The molecule has 1 aliphatic heterocycles. The van der Waals surface area contributed by atoms with E-state index in [0.29, 0.717) is 12.0 Å². The van der Waals surface area contributed by atoms with Crippen LogP contribution in [0, 0.1) is 12.8 Å². The minimum Gasteiger partial charge on any atom is -0.327 e. The lowest BCUT2D eigenvalue weighted by Crippen LogP contribution is -2.46. The lowest BCUT2D eigenvalue weighted by molar-refractivity contribution is 0.145. The number of hydrogen-bond acceptors (Lipinski definition) is 2. The third-order valence-electron chi connectivity index (χ3n) is 4.04. The largest absolute Gasteiger partial charge is 0.327 e. The Morgan fingerprint density at radius 3 is 2.89 bits per heavy atom. The van der Waals surface area contributed by atoms with Crippen molar-refractivity contribution in [3.8, 4) is 0 Å². The molecule has 2 N–H and O–H groups in total. The average molecular weight is 267 g/mol. The highest BCUT2D eigenvalue weighted by Crippen LogP contribution is 2.22. The molecule has 1 aliphatic rings. The first kappa shape index (κ1) is 13.9. The van der Waals surface area contributed by atoms with Crippen LogP contribution in [0.1, 0.15) is 30.9 Å². The lowest BCUT2D eigenvalue weighted by Gasteiger charge is -2.36. The number of likely N-dealkylation sites (tertiary alicyclic amines) is 1. The van der Waals surface area contributed by atoms with E-state index in [-0.39, 0.29) is 0 Å². The molecule has 2 nitrogen and oxygen atoms in total. The molecule has 1 saturated heterocycles. The summed E-state index contributed by atoms with van der Waals surface area (Å²) in [7, 11) is 0. The van der Waals surface area contributed by atoms with Gasteiger partial charge >= 0.3 is 0 Å². The summed E-state index contributed by atoms with van der Waals surface area (Å²) in [5.41, 5.74) is 8.59. The molecular weight excluding hydrogens is 244 g/mol. The smallest absolute Gasteiger partial charge is 0.0438 e. The SMILES string of the molecule is CCC1CN(Cc2ccc(C)c(Cl)c2)CCC1N. The normalized spacial score (nSPS) is 25.3. The molecule has 1 aromatic carbocycles. The second kappa shape index (κ2) is 6.05. The van der Waals surface area contributed by atoms with Crippen LogP contribution in [-0.4, -0.2) is 24.0 Å². The topological polar surface area (TPSA) is 29.3 Å². The van der Waals surface area contributed by atoms with Crippen LogP contribution in [-0.2, 0) is 6.54 Å². The van der Waals surface area contributed by atoms with Crippen molar-refractivity contribution in [3.05, 3.63) is 34.3 Å². The molecule has 0 amide bonds. The quantitative estimate of drug-likeness (QED) is 0.910. The van der Waals surface area contributed by atoms with Crippen LogP contribution in [0.3, 0.4) is 0 Å². The number of nitrogens with zero attached hydrogens (tertiary/aromatic N) is 1. The number of rotatable bonds is 3. The van der Waals surface area contributed by atoms with Crippen LogP contribution in [0.5, 0.6) is 0 Å². The van der Waals surface area contributed by atoms with Gasteiger partial charge in [-0.25, -0.2) is 0 Å². The Hall–Kier alpha value is -0.570. The maximum atomic E-state index is 6.17. The van der Waals surface area contributed by atoms with Gasteiger partial charge in [-0.3, -0.25) is 4.90 Å². The van der Waals surface area contributed by atoms with Crippen LogP contribution < -0.4 is 5.73 Å². The summed E-state index contributed by atoms with van der Waals surface area (Å²) in [6.07, 6.45) is 2.28. The van der Waals surface area contributed by atoms with Gasteiger partial charge in [0.1, 0.15) is 0 Å². The van der Waals surface area contributed by atoms with E-state index in [1.54, 1.807) is 0 Å². The summed E-state index contributed by atoms with van der Waals surface area (Å²) < 4.78 is 0. The second-order valence-electron chi connectivity index (χ2n) is 5.44. The van der Waals surface area contributed by atoms with Crippen LogP contribution >= 0.6 is 11.6 Å². The summed E-state index contributed by atoms with van der Waals surface area (Å²) in [5.74, 6) is 0.639. The maximum absolute atomic E-state index is 6.17. The standard InChI is InChI=1S/C15H23ClN2/c1-3-13-10-18(7-6-15(13)17)9-12-5-4-11(2)14(16)8-12/h4-5,8,13,15H,3,6-7,9-10,17H2,1-2H3. The molecule has 0 spiro atoms. The first-order valence-electron chi connectivity index (χ1n) is 6.83. The first-order valence-corrected chi connectivity index (χ1v) is 7.21. The number of nitrogens with two attached hydrogens (primary N) is 1. The van der Waals surface area contributed by atoms with Crippen molar-refractivity contribution >= 4 is 11.6 Å². The highest BCUT2D eigenvalue weighted by Gasteiger charge is 2.25. The maximum Gasteiger partial charge on any atom is 0.0438 e. The molecule has 0 aliphatic carbocycles. The number of halogens is 1. The van der Waals surface area contributed by atoms with E-state index in [4.69, 9.17) is 17.3 Å². The molecule has 2 atom stereocenters. The van der Waals surface area contributed by atoms with Gasteiger partial charge < -0.3 is 5.73 Å². The molecule has 1 fully saturated rings. The molecule has 2 unspecified atom stereocenters. The van der Waals surface area contributed by atoms with E-state index in [1.807, 2.05) is 6.92 Å². The highest BCUT2D eigenvalue weighted by atomic mass is 35.5. The molecule has 18 heavy (non-hydrogen) atoms. The van der Waals surface area contributed by atoms with Gasteiger partial charge in [-0.15, -0.1) is 0 Å². The summed E-state index contributed by atoms with van der Waals surface area (Å²) in [4.78, 5) is 2.50. The summed E-state index contributed by atoms with van der Waals surface area (Å²) >= 11 is 6.17. The molecular formula is C15H23ClN2. The molecule has 0 aromatic heterocycles. The zero-order valence-electron chi connectivity index (χ0n) is 11.3. The Balaban J connectivity index is 1.99. The first-order chi connectivity index (χ1) is 8.60. The van der Waals surface area contributed by atoms with E-state index >= 15 is 0 Å². The van der Waals surface area contributed by atoms with Gasteiger partial charge in [-0.1, -0.05) is 37.1 Å². The van der Waals surface area contributed by atoms with E-state index in [9.17, 15) is 0 Å². The average Bonchev–Trinajstić information content (AvgIpc) is 2.36. The fraction of sp³-hybridized carbons (Fsp3) is 0.600. The Kier molecular flexibility index (Phi) is 4.66. The Morgan fingerprint density at radius 2 is 2.22 bits per heavy atom. The monoisotopic (exact) mass is 266 g/mol. The van der Waals surface area contributed by atoms with Crippen LogP contribution in [0.15, 0.2) is 18.2 Å². The summed E-state index contributed by atoms with van der Waals surface area (Å²) in [6, 6.07) is 6.75. The van der Waals surface area contributed by atoms with Gasteiger partial charge in [-0.2, -0.15) is 0 Å². The fourth-order valence-corrected chi connectivity index (χ4v) is 2.90. The van der Waals surface area contributed by atoms with E-state index < -0.39 is 0 Å².